The molecule has 0 unspecified atom stereocenters. The lowest BCUT2D eigenvalue weighted by Crippen LogP contribution is -2.19. The van der Waals surface area contributed by atoms with Gasteiger partial charge in [0.15, 0.2) is 0 Å². The summed E-state index contributed by atoms with van der Waals surface area (Å²) < 4.78 is 0. The number of rotatable bonds is 3. The summed E-state index contributed by atoms with van der Waals surface area (Å²) in [5.41, 5.74) is 2.96. The van der Waals surface area contributed by atoms with Gasteiger partial charge < -0.3 is 10.2 Å². The minimum Gasteiger partial charge on any atom is -0.378 e. The lowest BCUT2D eigenvalue weighted by atomic mass is 9.99. The molecule has 0 fully saturated rings. The van der Waals surface area contributed by atoms with Gasteiger partial charge in [0.05, 0.1) is 0 Å². The molecule has 1 amide bonds. The summed E-state index contributed by atoms with van der Waals surface area (Å²) in [4.78, 5) is 13.6. The van der Waals surface area contributed by atoms with Crippen LogP contribution in [0.2, 0.25) is 0 Å². The summed E-state index contributed by atoms with van der Waals surface area (Å²) in [7, 11) is 5.61. The van der Waals surface area contributed by atoms with Crippen molar-refractivity contribution in [2.24, 2.45) is 0 Å². The summed E-state index contributed by atoms with van der Waals surface area (Å²) in [6.45, 7) is 4.25. The summed E-state index contributed by atoms with van der Waals surface area (Å²) in [6.07, 6.45) is 0. The molecule has 88 valence electrons. The molecule has 3 nitrogen and oxygen atoms in total. The van der Waals surface area contributed by atoms with Crippen molar-refractivity contribution < 1.29 is 4.79 Å². The number of nitrogens with one attached hydrogen (secondary N) is 1. The molecular formula is C13H20N2O. The molecule has 0 heterocycles. The Morgan fingerprint density at radius 3 is 2.31 bits per heavy atom. The predicted octanol–water partition coefficient (Wildman–Crippen LogP) is 2.24. The first-order valence-corrected chi connectivity index (χ1v) is 5.50. The first kappa shape index (κ1) is 12.6. The average molecular weight is 220 g/mol. The van der Waals surface area contributed by atoms with Crippen molar-refractivity contribution in [1.82, 2.24) is 5.32 Å². The molecule has 1 aromatic rings. The molecule has 0 aliphatic carbocycles. The van der Waals surface area contributed by atoms with Gasteiger partial charge >= 0.3 is 0 Å². The van der Waals surface area contributed by atoms with E-state index in [9.17, 15) is 4.79 Å². The van der Waals surface area contributed by atoms with Gasteiger partial charge in [-0.2, -0.15) is 0 Å². The van der Waals surface area contributed by atoms with Crippen LogP contribution in [-0.2, 0) is 0 Å². The number of nitrogens with zero attached hydrogens (tertiary/aromatic N) is 1. The number of carbonyl (C=O) groups excluding carboxylic acids is 1. The van der Waals surface area contributed by atoms with E-state index in [1.54, 1.807) is 7.05 Å². The van der Waals surface area contributed by atoms with Gasteiger partial charge in [0.2, 0.25) is 0 Å². The van der Waals surface area contributed by atoms with Crippen LogP contribution >= 0.6 is 0 Å². The fourth-order valence-corrected chi connectivity index (χ4v) is 1.50. The first-order chi connectivity index (χ1) is 7.45. The molecule has 0 aromatic heterocycles. The SMILES string of the molecule is CNC(=O)c1cc(C(C)C)cc(N(C)C)c1. The lowest BCUT2D eigenvalue weighted by Gasteiger charge is -2.17. The standard InChI is InChI=1S/C13H20N2O/c1-9(2)10-6-11(13(16)14-3)8-12(7-10)15(4)5/h6-9H,1-5H3,(H,14,16). The second-order valence-corrected chi connectivity index (χ2v) is 4.44. The summed E-state index contributed by atoms with van der Waals surface area (Å²) in [6, 6.07) is 5.98. The average Bonchev–Trinajstić information content (AvgIpc) is 2.27. The van der Waals surface area contributed by atoms with E-state index in [-0.39, 0.29) is 5.91 Å². The zero-order valence-corrected chi connectivity index (χ0v) is 10.7. The maximum absolute atomic E-state index is 11.6. The third kappa shape index (κ3) is 2.75. The zero-order valence-electron chi connectivity index (χ0n) is 10.7. The Kier molecular flexibility index (Phi) is 3.93. The van der Waals surface area contributed by atoms with Crippen LogP contribution < -0.4 is 10.2 Å². The molecule has 0 aliphatic rings. The number of hydrogen-bond donors (Lipinski definition) is 1. The monoisotopic (exact) mass is 220 g/mol. The smallest absolute Gasteiger partial charge is 0.251 e. The minimum absolute atomic E-state index is 0.0365. The van der Waals surface area contributed by atoms with Gasteiger partial charge in [-0.15, -0.1) is 0 Å². The highest BCUT2D eigenvalue weighted by molar-refractivity contribution is 5.95. The van der Waals surface area contributed by atoms with Crippen molar-refractivity contribution in [3.05, 3.63) is 29.3 Å². The Balaban J connectivity index is 3.24. The maximum atomic E-state index is 11.6. The fraction of sp³-hybridized carbons (Fsp3) is 0.462. The number of hydrogen-bond acceptors (Lipinski definition) is 2. The molecule has 0 bridgehead atoms. The molecule has 1 aromatic carbocycles. The quantitative estimate of drug-likeness (QED) is 0.847. The predicted molar refractivity (Wildman–Crippen MR) is 68.2 cm³/mol. The third-order valence-corrected chi connectivity index (χ3v) is 2.61. The molecule has 0 saturated carbocycles. The van der Waals surface area contributed by atoms with Crippen LogP contribution in [0, 0.1) is 0 Å². The third-order valence-electron chi connectivity index (χ3n) is 2.61. The van der Waals surface area contributed by atoms with Gasteiger partial charge in [0.25, 0.3) is 5.91 Å². The zero-order chi connectivity index (χ0) is 12.3. The highest BCUT2D eigenvalue weighted by Crippen LogP contribution is 2.23. The normalized spacial score (nSPS) is 10.4. The number of amides is 1. The van der Waals surface area contributed by atoms with Crippen molar-refractivity contribution in [2.75, 3.05) is 26.0 Å². The Morgan fingerprint density at radius 2 is 1.88 bits per heavy atom. The van der Waals surface area contributed by atoms with Gasteiger partial charge in [-0.25, -0.2) is 0 Å². The Morgan fingerprint density at radius 1 is 1.25 bits per heavy atom. The van der Waals surface area contributed by atoms with E-state index in [4.69, 9.17) is 0 Å². The van der Waals surface area contributed by atoms with Gasteiger partial charge in [0.1, 0.15) is 0 Å². The maximum Gasteiger partial charge on any atom is 0.251 e. The summed E-state index contributed by atoms with van der Waals surface area (Å²) in [5.74, 6) is 0.383. The molecule has 0 atom stereocenters. The van der Waals surface area contributed by atoms with E-state index >= 15 is 0 Å². The highest BCUT2D eigenvalue weighted by atomic mass is 16.1. The van der Waals surface area contributed by atoms with Crippen LogP contribution in [0.4, 0.5) is 5.69 Å². The molecule has 3 heteroatoms. The van der Waals surface area contributed by atoms with Gasteiger partial charge in [-0.3, -0.25) is 4.79 Å². The Bertz CT molecular complexity index is 357. The molecular weight excluding hydrogens is 200 g/mol. The van der Waals surface area contributed by atoms with Crippen LogP contribution in [-0.4, -0.2) is 27.1 Å². The topological polar surface area (TPSA) is 32.3 Å². The summed E-state index contributed by atoms with van der Waals surface area (Å²) >= 11 is 0. The van der Waals surface area contributed by atoms with E-state index in [1.807, 2.05) is 31.1 Å². The largest absolute Gasteiger partial charge is 0.378 e. The Labute approximate surface area is 97.5 Å². The van der Waals surface area contributed by atoms with Crippen molar-refractivity contribution >= 4 is 11.6 Å². The second kappa shape index (κ2) is 5.01. The molecule has 1 rings (SSSR count). The fourth-order valence-electron chi connectivity index (χ4n) is 1.50. The lowest BCUT2D eigenvalue weighted by molar-refractivity contribution is 0.0963. The van der Waals surface area contributed by atoms with Crippen molar-refractivity contribution in [1.29, 1.82) is 0 Å². The van der Waals surface area contributed by atoms with Gasteiger partial charge in [-0.05, 0) is 29.7 Å². The van der Waals surface area contributed by atoms with Crippen molar-refractivity contribution in [3.63, 3.8) is 0 Å². The summed E-state index contributed by atoms with van der Waals surface area (Å²) in [5, 5.41) is 2.66. The first-order valence-electron chi connectivity index (χ1n) is 5.50. The molecule has 0 spiro atoms. The van der Waals surface area contributed by atoms with Gasteiger partial charge in [-0.1, -0.05) is 13.8 Å². The number of anilines is 1. The molecule has 0 radical (unpaired) electrons. The molecule has 16 heavy (non-hydrogen) atoms. The van der Waals surface area contributed by atoms with E-state index in [1.165, 1.54) is 5.56 Å². The number of carbonyl (C=O) groups is 1. The van der Waals surface area contributed by atoms with Crippen LogP contribution in [0.5, 0.6) is 0 Å². The van der Waals surface area contributed by atoms with Gasteiger partial charge in [0, 0.05) is 32.4 Å². The van der Waals surface area contributed by atoms with Crippen molar-refractivity contribution in [2.45, 2.75) is 19.8 Å². The molecule has 1 N–H and O–H groups in total. The van der Waals surface area contributed by atoms with E-state index in [0.29, 0.717) is 5.92 Å². The van der Waals surface area contributed by atoms with Crippen LogP contribution in [0.1, 0.15) is 35.7 Å². The van der Waals surface area contributed by atoms with Crippen molar-refractivity contribution in [3.8, 4) is 0 Å². The minimum atomic E-state index is -0.0365. The molecule has 0 saturated heterocycles. The Hall–Kier alpha value is -1.51. The van der Waals surface area contributed by atoms with E-state index in [2.05, 4.69) is 25.2 Å². The van der Waals surface area contributed by atoms with Crippen LogP contribution in [0.15, 0.2) is 18.2 Å². The van der Waals surface area contributed by atoms with Crippen LogP contribution in [0.25, 0.3) is 0 Å². The van der Waals surface area contributed by atoms with Crippen LogP contribution in [0.3, 0.4) is 0 Å². The highest BCUT2D eigenvalue weighted by Gasteiger charge is 2.10. The van der Waals surface area contributed by atoms with E-state index in [0.717, 1.165) is 11.3 Å². The second-order valence-electron chi connectivity index (χ2n) is 4.44. The van der Waals surface area contributed by atoms with E-state index < -0.39 is 0 Å². The molecule has 0 aliphatic heterocycles. The number of benzene rings is 1.